The molecule has 0 aliphatic heterocycles. The first-order valence-corrected chi connectivity index (χ1v) is 5.00. The van der Waals surface area contributed by atoms with E-state index in [1.54, 1.807) is 6.07 Å². The summed E-state index contributed by atoms with van der Waals surface area (Å²) in [5.41, 5.74) is 0.135. The molecule has 0 bridgehead atoms. The Kier molecular flexibility index (Phi) is 5.31. The molecule has 0 amide bonds. The van der Waals surface area contributed by atoms with Crippen molar-refractivity contribution >= 4 is 11.8 Å². The van der Waals surface area contributed by atoms with Gasteiger partial charge in [-0.2, -0.15) is 0 Å². The molecule has 0 spiro atoms. The Hall–Kier alpha value is -1.73. The Morgan fingerprint density at radius 2 is 2.24 bits per heavy atom. The number of carbonyl (C=O) groups excluding carboxylic acids is 1. The number of esters is 1. The average molecular weight is 241 g/mol. The van der Waals surface area contributed by atoms with Crippen molar-refractivity contribution in [2.45, 2.75) is 6.10 Å². The van der Waals surface area contributed by atoms with E-state index in [1.165, 1.54) is 20.3 Å². The van der Waals surface area contributed by atoms with Crippen LogP contribution in [0, 0.1) is 0 Å². The SMILES string of the molecule is COCC(O)CNc1ccc(C(=O)OC)nn1. The van der Waals surface area contributed by atoms with Crippen LogP contribution in [0.1, 0.15) is 10.5 Å². The first-order chi connectivity index (χ1) is 8.17. The van der Waals surface area contributed by atoms with Gasteiger partial charge in [0.05, 0.1) is 19.8 Å². The van der Waals surface area contributed by atoms with Gasteiger partial charge in [-0.05, 0) is 12.1 Å². The standard InChI is InChI=1S/C10H15N3O4/c1-16-6-7(14)5-11-9-4-3-8(12-13-9)10(15)17-2/h3-4,7,14H,5-6H2,1-2H3,(H,11,13). The minimum Gasteiger partial charge on any atom is -0.464 e. The zero-order chi connectivity index (χ0) is 12.7. The van der Waals surface area contributed by atoms with Crippen molar-refractivity contribution in [1.29, 1.82) is 0 Å². The summed E-state index contributed by atoms with van der Waals surface area (Å²) in [4.78, 5) is 11.1. The van der Waals surface area contributed by atoms with E-state index in [9.17, 15) is 9.90 Å². The Morgan fingerprint density at radius 1 is 1.47 bits per heavy atom. The van der Waals surface area contributed by atoms with Gasteiger partial charge in [0, 0.05) is 13.7 Å². The highest BCUT2D eigenvalue weighted by Crippen LogP contribution is 2.03. The van der Waals surface area contributed by atoms with E-state index in [4.69, 9.17) is 4.74 Å². The predicted molar refractivity (Wildman–Crippen MR) is 59.7 cm³/mol. The van der Waals surface area contributed by atoms with E-state index in [0.29, 0.717) is 12.4 Å². The molecule has 0 aromatic carbocycles. The number of hydrogen-bond donors (Lipinski definition) is 2. The van der Waals surface area contributed by atoms with Gasteiger partial charge in [-0.1, -0.05) is 0 Å². The van der Waals surface area contributed by atoms with Gasteiger partial charge in [-0.15, -0.1) is 10.2 Å². The average Bonchev–Trinajstić information content (AvgIpc) is 2.36. The van der Waals surface area contributed by atoms with Gasteiger partial charge < -0.3 is 19.9 Å². The fourth-order valence-electron chi connectivity index (χ4n) is 1.11. The molecular formula is C10H15N3O4. The number of methoxy groups -OCH3 is 2. The van der Waals surface area contributed by atoms with Crippen LogP contribution in [0.5, 0.6) is 0 Å². The maximum Gasteiger partial charge on any atom is 0.358 e. The molecule has 1 aromatic heterocycles. The molecule has 0 saturated heterocycles. The molecule has 1 aromatic rings. The topological polar surface area (TPSA) is 93.6 Å². The lowest BCUT2D eigenvalue weighted by Gasteiger charge is -2.10. The van der Waals surface area contributed by atoms with Gasteiger partial charge in [-0.25, -0.2) is 4.79 Å². The largest absolute Gasteiger partial charge is 0.464 e. The molecule has 0 radical (unpaired) electrons. The zero-order valence-corrected chi connectivity index (χ0v) is 9.71. The first-order valence-electron chi connectivity index (χ1n) is 5.00. The van der Waals surface area contributed by atoms with Crippen LogP contribution in [-0.4, -0.2) is 54.7 Å². The number of carbonyl (C=O) groups is 1. The van der Waals surface area contributed by atoms with Crippen LogP contribution in [-0.2, 0) is 9.47 Å². The van der Waals surface area contributed by atoms with Crippen LogP contribution in [0.2, 0.25) is 0 Å². The Morgan fingerprint density at radius 3 is 2.76 bits per heavy atom. The van der Waals surface area contributed by atoms with E-state index >= 15 is 0 Å². The summed E-state index contributed by atoms with van der Waals surface area (Å²) in [5.74, 6) is -0.0729. The fourth-order valence-corrected chi connectivity index (χ4v) is 1.11. The van der Waals surface area contributed by atoms with E-state index in [1.807, 2.05) is 0 Å². The third-order valence-corrected chi connectivity index (χ3v) is 1.94. The molecule has 0 fully saturated rings. The predicted octanol–water partition coefficient (Wildman–Crippen LogP) is -0.318. The summed E-state index contributed by atoms with van der Waals surface area (Å²) >= 11 is 0. The van der Waals surface area contributed by atoms with Gasteiger partial charge in [0.15, 0.2) is 5.69 Å². The van der Waals surface area contributed by atoms with Crippen LogP contribution in [0.15, 0.2) is 12.1 Å². The van der Waals surface area contributed by atoms with Crippen LogP contribution in [0.3, 0.4) is 0 Å². The van der Waals surface area contributed by atoms with E-state index < -0.39 is 12.1 Å². The van der Waals surface area contributed by atoms with Crippen molar-refractivity contribution in [3.63, 3.8) is 0 Å². The quantitative estimate of drug-likeness (QED) is 0.659. The molecule has 7 nitrogen and oxygen atoms in total. The maximum atomic E-state index is 11.1. The lowest BCUT2D eigenvalue weighted by atomic mass is 10.3. The monoisotopic (exact) mass is 241 g/mol. The molecule has 1 atom stereocenters. The number of nitrogens with one attached hydrogen (secondary N) is 1. The highest BCUT2D eigenvalue weighted by Gasteiger charge is 2.08. The lowest BCUT2D eigenvalue weighted by Crippen LogP contribution is -2.24. The molecule has 1 unspecified atom stereocenters. The van der Waals surface area contributed by atoms with Gasteiger partial charge in [0.1, 0.15) is 5.82 Å². The number of rotatable bonds is 6. The van der Waals surface area contributed by atoms with Gasteiger partial charge in [0.2, 0.25) is 0 Å². The number of nitrogens with zero attached hydrogens (tertiary/aromatic N) is 2. The van der Waals surface area contributed by atoms with Crippen molar-refractivity contribution in [3.8, 4) is 0 Å². The Bertz CT molecular complexity index is 355. The van der Waals surface area contributed by atoms with E-state index in [0.717, 1.165) is 0 Å². The molecule has 1 heterocycles. The fraction of sp³-hybridized carbons (Fsp3) is 0.500. The number of aromatic nitrogens is 2. The summed E-state index contributed by atoms with van der Waals surface area (Å²) in [6, 6.07) is 3.07. The summed E-state index contributed by atoms with van der Waals surface area (Å²) < 4.78 is 9.26. The summed E-state index contributed by atoms with van der Waals surface area (Å²) in [6.45, 7) is 0.529. The summed E-state index contributed by atoms with van der Waals surface area (Å²) in [7, 11) is 2.78. The van der Waals surface area contributed by atoms with Crippen molar-refractivity contribution in [1.82, 2.24) is 10.2 Å². The lowest BCUT2D eigenvalue weighted by molar-refractivity contribution is 0.0592. The molecule has 0 saturated carbocycles. The molecule has 1 rings (SSSR count). The maximum absolute atomic E-state index is 11.1. The highest BCUT2D eigenvalue weighted by molar-refractivity contribution is 5.86. The van der Waals surface area contributed by atoms with Crippen molar-refractivity contribution in [2.24, 2.45) is 0 Å². The number of aliphatic hydroxyl groups excluding tert-OH is 1. The molecule has 0 aliphatic rings. The smallest absolute Gasteiger partial charge is 0.358 e. The number of hydrogen-bond acceptors (Lipinski definition) is 7. The van der Waals surface area contributed by atoms with Crippen LogP contribution < -0.4 is 5.32 Å². The minimum absolute atomic E-state index is 0.135. The van der Waals surface area contributed by atoms with Crippen LogP contribution in [0.4, 0.5) is 5.82 Å². The number of ether oxygens (including phenoxy) is 2. The Labute approximate surface area is 98.8 Å². The third-order valence-electron chi connectivity index (χ3n) is 1.94. The van der Waals surface area contributed by atoms with Crippen LogP contribution in [0.25, 0.3) is 0 Å². The second kappa shape index (κ2) is 6.77. The second-order valence-corrected chi connectivity index (χ2v) is 3.29. The number of aliphatic hydroxyl groups is 1. The zero-order valence-electron chi connectivity index (χ0n) is 9.71. The van der Waals surface area contributed by atoms with E-state index in [-0.39, 0.29) is 12.3 Å². The van der Waals surface area contributed by atoms with E-state index in [2.05, 4.69) is 20.3 Å². The van der Waals surface area contributed by atoms with Gasteiger partial charge >= 0.3 is 5.97 Å². The molecule has 2 N–H and O–H groups in total. The highest BCUT2D eigenvalue weighted by atomic mass is 16.5. The van der Waals surface area contributed by atoms with Crippen LogP contribution >= 0.6 is 0 Å². The summed E-state index contributed by atoms with van der Waals surface area (Å²) in [6.07, 6.45) is -0.623. The summed E-state index contributed by atoms with van der Waals surface area (Å²) in [5, 5.41) is 19.7. The third kappa shape index (κ3) is 4.33. The normalized spacial score (nSPS) is 11.9. The van der Waals surface area contributed by atoms with Crippen molar-refractivity contribution < 1.29 is 19.4 Å². The first kappa shape index (κ1) is 13.3. The van der Waals surface area contributed by atoms with Crippen molar-refractivity contribution in [2.75, 3.05) is 32.7 Å². The molecule has 7 heteroatoms. The molecular weight excluding hydrogens is 226 g/mol. The number of anilines is 1. The van der Waals surface area contributed by atoms with Crippen molar-refractivity contribution in [3.05, 3.63) is 17.8 Å². The molecule has 94 valence electrons. The molecule has 17 heavy (non-hydrogen) atoms. The van der Waals surface area contributed by atoms with Gasteiger partial charge in [-0.3, -0.25) is 0 Å². The van der Waals surface area contributed by atoms with Gasteiger partial charge in [0.25, 0.3) is 0 Å². The molecule has 0 aliphatic carbocycles. The minimum atomic E-state index is -0.623. The Balaban J connectivity index is 2.48. The second-order valence-electron chi connectivity index (χ2n) is 3.29.